The van der Waals surface area contributed by atoms with Gasteiger partial charge in [-0.05, 0) is 15.9 Å². The Hall–Kier alpha value is -1.15. The van der Waals surface area contributed by atoms with Gasteiger partial charge in [0.05, 0.1) is 11.6 Å². The fourth-order valence-corrected chi connectivity index (χ4v) is 0.901. The van der Waals surface area contributed by atoms with Gasteiger partial charge in [0.1, 0.15) is 6.07 Å². The molecule has 0 aliphatic rings. The Balaban J connectivity index is 3.15. The quantitative estimate of drug-likeness (QED) is 0.702. The second-order valence-corrected chi connectivity index (χ2v) is 2.52. The van der Waals surface area contributed by atoms with Crippen LogP contribution in [0.4, 0.5) is 0 Å². The van der Waals surface area contributed by atoms with Gasteiger partial charge in [-0.2, -0.15) is 10.2 Å². The molecule has 0 saturated heterocycles. The number of nitrogens with zero attached hydrogens (tertiary/aromatic N) is 3. The second kappa shape index (κ2) is 3.30. The number of nitriles is 1. The molecule has 0 fully saturated rings. The van der Waals surface area contributed by atoms with Crippen LogP contribution in [0, 0.1) is 11.3 Å². The minimum Gasteiger partial charge on any atom is -0.480 e. The summed E-state index contributed by atoms with van der Waals surface area (Å²) in [5, 5.41) is 8.40. The van der Waals surface area contributed by atoms with E-state index in [1.54, 1.807) is 6.07 Å². The number of methoxy groups -OCH3 is 1. The first-order valence-corrected chi connectivity index (χ1v) is 3.54. The molecule has 0 aliphatic heterocycles. The maximum absolute atomic E-state index is 8.40. The van der Waals surface area contributed by atoms with Gasteiger partial charge in [0, 0.05) is 6.20 Å². The number of rotatable bonds is 1. The Morgan fingerprint density at radius 2 is 2.45 bits per heavy atom. The number of halogens is 1. The summed E-state index contributed by atoms with van der Waals surface area (Å²) < 4.78 is 5.48. The van der Waals surface area contributed by atoms with Crippen molar-refractivity contribution in [2.24, 2.45) is 0 Å². The highest BCUT2D eigenvalue weighted by Crippen LogP contribution is 2.19. The lowest BCUT2D eigenvalue weighted by Crippen LogP contribution is -1.93. The van der Waals surface area contributed by atoms with Crippen LogP contribution in [-0.2, 0) is 0 Å². The summed E-state index contributed by atoms with van der Waals surface area (Å²) in [4.78, 5) is 7.47. The van der Waals surface area contributed by atoms with Crippen LogP contribution in [0.5, 0.6) is 5.88 Å². The lowest BCUT2D eigenvalue weighted by Gasteiger charge is -1.98. The van der Waals surface area contributed by atoms with Crippen molar-refractivity contribution in [2.45, 2.75) is 0 Å². The summed E-state index contributed by atoms with van der Waals surface area (Å²) in [6, 6.07) is 1.81. The first kappa shape index (κ1) is 7.95. The Labute approximate surface area is 72.0 Å². The van der Waals surface area contributed by atoms with Crippen molar-refractivity contribution < 1.29 is 4.74 Å². The van der Waals surface area contributed by atoms with E-state index in [-0.39, 0.29) is 5.82 Å². The zero-order valence-electron chi connectivity index (χ0n) is 5.71. The predicted molar refractivity (Wildman–Crippen MR) is 41.0 cm³/mol. The summed E-state index contributed by atoms with van der Waals surface area (Å²) in [5.41, 5.74) is 0. The maximum Gasteiger partial charge on any atom is 0.235 e. The molecule has 5 heteroatoms. The van der Waals surface area contributed by atoms with Crippen LogP contribution in [0.3, 0.4) is 0 Å². The first-order chi connectivity index (χ1) is 5.27. The highest BCUT2D eigenvalue weighted by molar-refractivity contribution is 9.10. The van der Waals surface area contributed by atoms with Crippen molar-refractivity contribution in [3.05, 3.63) is 16.5 Å². The van der Waals surface area contributed by atoms with Crippen molar-refractivity contribution in [3.63, 3.8) is 0 Å². The maximum atomic E-state index is 8.40. The van der Waals surface area contributed by atoms with Crippen molar-refractivity contribution in [1.82, 2.24) is 9.97 Å². The summed E-state index contributed by atoms with van der Waals surface area (Å²) in [6.45, 7) is 0. The average molecular weight is 214 g/mol. The van der Waals surface area contributed by atoms with E-state index in [4.69, 9.17) is 10.00 Å². The first-order valence-electron chi connectivity index (χ1n) is 2.74. The average Bonchev–Trinajstić information content (AvgIpc) is 2.05. The zero-order chi connectivity index (χ0) is 8.27. The van der Waals surface area contributed by atoms with Crippen molar-refractivity contribution in [3.8, 4) is 11.9 Å². The molecule has 0 atom stereocenters. The van der Waals surface area contributed by atoms with Crippen LogP contribution in [-0.4, -0.2) is 17.1 Å². The number of aromatic nitrogens is 2. The summed E-state index contributed by atoms with van der Waals surface area (Å²) in [5.74, 6) is 0.474. The van der Waals surface area contributed by atoms with E-state index in [9.17, 15) is 0 Å². The van der Waals surface area contributed by atoms with Crippen LogP contribution in [0.15, 0.2) is 10.7 Å². The molecule has 1 aromatic heterocycles. The summed E-state index contributed by atoms with van der Waals surface area (Å²) in [7, 11) is 1.48. The van der Waals surface area contributed by atoms with Crippen LogP contribution in [0.1, 0.15) is 5.82 Å². The molecule has 4 nitrogen and oxygen atoms in total. The molecule has 0 spiro atoms. The molecular weight excluding hydrogens is 210 g/mol. The molecule has 0 aliphatic carbocycles. The topological polar surface area (TPSA) is 58.8 Å². The molecule has 0 saturated carbocycles. The van der Waals surface area contributed by atoms with E-state index in [1.807, 2.05) is 0 Å². The third-order valence-corrected chi connectivity index (χ3v) is 1.55. The minimum atomic E-state index is 0.102. The van der Waals surface area contributed by atoms with Gasteiger partial charge in [0.15, 0.2) is 0 Å². The van der Waals surface area contributed by atoms with E-state index in [0.717, 1.165) is 0 Å². The van der Waals surface area contributed by atoms with Gasteiger partial charge >= 0.3 is 0 Å². The Morgan fingerprint density at radius 3 is 3.00 bits per heavy atom. The largest absolute Gasteiger partial charge is 0.480 e. The van der Waals surface area contributed by atoms with Crippen molar-refractivity contribution in [2.75, 3.05) is 7.11 Å². The lowest BCUT2D eigenvalue weighted by molar-refractivity contribution is 0.393. The van der Waals surface area contributed by atoms with Gasteiger partial charge < -0.3 is 4.74 Å². The predicted octanol–water partition coefficient (Wildman–Crippen LogP) is 1.12. The fourth-order valence-electron chi connectivity index (χ4n) is 0.549. The smallest absolute Gasteiger partial charge is 0.235 e. The number of ether oxygens (including phenoxy) is 1. The Kier molecular flexibility index (Phi) is 2.39. The highest BCUT2D eigenvalue weighted by atomic mass is 79.9. The van der Waals surface area contributed by atoms with Crippen molar-refractivity contribution in [1.29, 1.82) is 5.26 Å². The van der Waals surface area contributed by atoms with Gasteiger partial charge in [0.2, 0.25) is 11.7 Å². The molecule has 0 amide bonds. The van der Waals surface area contributed by atoms with E-state index >= 15 is 0 Å². The van der Waals surface area contributed by atoms with Gasteiger partial charge in [-0.3, -0.25) is 0 Å². The highest BCUT2D eigenvalue weighted by Gasteiger charge is 2.02. The van der Waals surface area contributed by atoms with Gasteiger partial charge in [-0.25, -0.2) is 4.98 Å². The molecule has 1 heterocycles. The van der Waals surface area contributed by atoms with Gasteiger partial charge in [0.25, 0.3) is 0 Å². The monoisotopic (exact) mass is 213 g/mol. The van der Waals surface area contributed by atoms with Gasteiger partial charge in [-0.1, -0.05) is 0 Å². The molecule has 0 radical (unpaired) electrons. The molecule has 0 bridgehead atoms. The number of hydrogen-bond donors (Lipinski definition) is 0. The van der Waals surface area contributed by atoms with E-state index in [0.29, 0.717) is 10.4 Å². The molecule has 1 rings (SSSR count). The third kappa shape index (κ3) is 1.65. The summed E-state index contributed by atoms with van der Waals surface area (Å²) >= 11 is 3.16. The third-order valence-electron chi connectivity index (χ3n) is 1.01. The SMILES string of the molecule is COc1nc(C#N)ncc1Br. The normalized spacial score (nSPS) is 8.82. The van der Waals surface area contributed by atoms with E-state index in [1.165, 1.54) is 13.3 Å². The Bertz CT molecular complexity index is 307. The molecule has 0 unspecified atom stereocenters. The molecule has 1 aromatic rings. The lowest BCUT2D eigenvalue weighted by atomic mass is 10.6. The van der Waals surface area contributed by atoms with Crippen LogP contribution >= 0.6 is 15.9 Å². The van der Waals surface area contributed by atoms with Crippen LogP contribution in [0.2, 0.25) is 0 Å². The number of hydrogen-bond acceptors (Lipinski definition) is 4. The molecule has 0 aromatic carbocycles. The molecule has 11 heavy (non-hydrogen) atoms. The zero-order valence-corrected chi connectivity index (χ0v) is 7.29. The molecule has 56 valence electrons. The summed E-state index contributed by atoms with van der Waals surface area (Å²) in [6.07, 6.45) is 1.48. The second-order valence-electron chi connectivity index (χ2n) is 1.66. The van der Waals surface area contributed by atoms with Crippen LogP contribution in [0.25, 0.3) is 0 Å². The Morgan fingerprint density at radius 1 is 1.73 bits per heavy atom. The van der Waals surface area contributed by atoms with Crippen LogP contribution < -0.4 is 4.74 Å². The fraction of sp³-hybridized carbons (Fsp3) is 0.167. The van der Waals surface area contributed by atoms with E-state index < -0.39 is 0 Å². The minimum absolute atomic E-state index is 0.102. The van der Waals surface area contributed by atoms with E-state index in [2.05, 4.69) is 25.9 Å². The van der Waals surface area contributed by atoms with Crippen molar-refractivity contribution >= 4 is 15.9 Å². The molecular formula is C6H4BrN3O. The molecule has 0 N–H and O–H groups in total. The van der Waals surface area contributed by atoms with Gasteiger partial charge in [-0.15, -0.1) is 0 Å². The standard InChI is InChI=1S/C6H4BrN3O/c1-11-6-4(7)3-9-5(2-8)10-6/h3H,1H3.